The molecular formula is C12H16O5. The van der Waals surface area contributed by atoms with Crippen LogP contribution in [0.3, 0.4) is 0 Å². The van der Waals surface area contributed by atoms with E-state index in [1.165, 1.54) is 11.1 Å². The van der Waals surface area contributed by atoms with Gasteiger partial charge in [0.15, 0.2) is 6.10 Å². The predicted molar refractivity (Wildman–Crippen MR) is 61.8 cm³/mol. The molecule has 0 aliphatic carbocycles. The summed E-state index contributed by atoms with van der Waals surface area (Å²) in [6.45, 7) is 4.19. The van der Waals surface area contributed by atoms with Crippen molar-refractivity contribution in [2.45, 2.75) is 26.4 Å². The van der Waals surface area contributed by atoms with Gasteiger partial charge in [-0.05, 0) is 13.8 Å². The number of aliphatic hydroxyl groups excluding tert-OH is 1. The minimum absolute atomic E-state index is 0.755. The second-order valence-corrected chi connectivity index (χ2v) is 3.61. The fourth-order valence-electron chi connectivity index (χ4n) is 0.890. The van der Waals surface area contributed by atoms with Crippen LogP contribution in [0.4, 0.5) is 0 Å². The van der Waals surface area contributed by atoms with E-state index in [1.807, 2.05) is 0 Å². The van der Waals surface area contributed by atoms with Crippen LogP contribution in [-0.4, -0.2) is 33.4 Å². The van der Waals surface area contributed by atoms with Crippen molar-refractivity contribution in [3.05, 3.63) is 35.4 Å². The molecule has 1 atom stereocenters. The van der Waals surface area contributed by atoms with E-state index in [2.05, 4.69) is 38.1 Å². The van der Waals surface area contributed by atoms with E-state index < -0.39 is 24.5 Å². The maximum atomic E-state index is 9.72. The van der Waals surface area contributed by atoms with Crippen LogP contribution in [0.25, 0.3) is 0 Å². The molecule has 3 N–H and O–H groups in total. The molecule has 0 aliphatic heterocycles. The highest BCUT2D eigenvalue weighted by atomic mass is 16.4. The number of aliphatic hydroxyl groups is 1. The van der Waals surface area contributed by atoms with Crippen LogP contribution in [0.5, 0.6) is 0 Å². The molecule has 0 aliphatic rings. The molecule has 0 saturated carbocycles. The summed E-state index contributed by atoms with van der Waals surface area (Å²) in [7, 11) is 0. The molecule has 0 heterocycles. The third kappa shape index (κ3) is 7.98. The number of carboxylic acid groups (broad SMARTS) is 2. The molecule has 0 spiro atoms. The number of hydrogen-bond acceptors (Lipinski definition) is 3. The Morgan fingerprint density at radius 2 is 1.41 bits per heavy atom. The van der Waals surface area contributed by atoms with E-state index in [-0.39, 0.29) is 0 Å². The van der Waals surface area contributed by atoms with Crippen molar-refractivity contribution >= 4 is 11.9 Å². The molecule has 1 aromatic carbocycles. The third-order valence-corrected chi connectivity index (χ3v) is 1.87. The Hall–Kier alpha value is -1.88. The minimum Gasteiger partial charge on any atom is -0.481 e. The summed E-state index contributed by atoms with van der Waals surface area (Å²) in [6.07, 6.45) is -2.54. The number of carbonyl (C=O) groups is 2. The normalized spacial score (nSPS) is 11.0. The lowest BCUT2D eigenvalue weighted by Gasteiger charge is -1.97. The Labute approximate surface area is 99.3 Å². The zero-order valence-electron chi connectivity index (χ0n) is 9.75. The van der Waals surface area contributed by atoms with Crippen molar-refractivity contribution in [2.24, 2.45) is 0 Å². The Bertz CT molecular complexity index is 348. The van der Waals surface area contributed by atoms with Crippen LogP contribution in [-0.2, 0) is 9.59 Å². The van der Waals surface area contributed by atoms with E-state index in [0.717, 1.165) is 0 Å². The van der Waals surface area contributed by atoms with Gasteiger partial charge < -0.3 is 15.3 Å². The maximum absolute atomic E-state index is 9.72. The Morgan fingerprint density at radius 1 is 1.06 bits per heavy atom. The van der Waals surface area contributed by atoms with Gasteiger partial charge >= 0.3 is 11.9 Å². The topological polar surface area (TPSA) is 94.8 Å². The molecule has 0 fully saturated rings. The quantitative estimate of drug-likeness (QED) is 0.738. The van der Waals surface area contributed by atoms with Gasteiger partial charge in [-0.2, -0.15) is 0 Å². The largest absolute Gasteiger partial charge is 0.481 e. The van der Waals surface area contributed by atoms with E-state index in [1.54, 1.807) is 0 Å². The highest BCUT2D eigenvalue weighted by Gasteiger charge is 2.16. The lowest BCUT2D eigenvalue weighted by atomic mass is 10.2. The highest BCUT2D eigenvalue weighted by Crippen LogP contribution is 1.99. The number of aryl methyl sites for hydroxylation is 2. The summed E-state index contributed by atoms with van der Waals surface area (Å²) in [4.78, 5) is 19.4. The number of benzene rings is 1. The fourth-order valence-corrected chi connectivity index (χ4v) is 0.890. The van der Waals surface area contributed by atoms with Gasteiger partial charge in [0.2, 0.25) is 0 Å². The molecule has 0 amide bonds. The average molecular weight is 240 g/mol. The molecule has 0 aromatic heterocycles. The first-order valence-corrected chi connectivity index (χ1v) is 4.99. The van der Waals surface area contributed by atoms with Gasteiger partial charge in [-0.1, -0.05) is 35.4 Å². The number of hydrogen-bond donors (Lipinski definition) is 3. The summed E-state index contributed by atoms with van der Waals surface area (Å²) in [5.41, 5.74) is 2.66. The molecule has 1 aromatic rings. The second-order valence-electron chi connectivity index (χ2n) is 3.61. The van der Waals surface area contributed by atoms with Crippen LogP contribution in [0, 0.1) is 13.8 Å². The monoisotopic (exact) mass is 240 g/mol. The van der Waals surface area contributed by atoms with Crippen molar-refractivity contribution < 1.29 is 24.9 Å². The van der Waals surface area contributed by atoms with Crippen LogP contribution in [0.1, 0.15) is 17.5 Å². The van der Waals surface area contributed by atoms with Crippen molar-refractivity contribution in [2.75, 3.05) is 0 Å². The lowest BCUT2D eigenvalue weighted by Crippen LogP contribution is -2.22. The molecule has 94 valence electrons. The van der Waals surface area contributed by atoms with E-state index >= 15 is 0 Å². The van der Waals surface area contributed by atoms with Gasteiger partial charge in [-0.25, -0.2) is 4.79 Å². The zero-order valence-corrected chi connectivity index (χ0v) is 9.75. The maximum Gasteiger partial charge on any atom is 0.333 e. The van der Waals surface area contributed by atoms with Crippen LogP contribution < -0.4 is 0 Å². The fraction of sp³-hybridized carbons (Fsp3) is 0.333. The molecule has 1 unspecified atom stereocenters. The average Bonchev–Trinajstić information content (AvgIpc) is 2.22. The number of carboxylic acids is 2. The van der Waals surface area contributed by atoms with Crippen LogP contribution in [0.15, 0.2) is 24.3 Å². The highest BCUT2D eigenvalue weighted by molar-refractivity contribution is 5.79. The van der Waals surface area contributed by atoms with E-state index in [4.69, 9.17) is 15.3 Å². The standard InChI is InChI=1S/C8H10.C4H6O5/c1-7-3-5-8(2)6-4-7;5-2(4(8)9)1-3(6)7/h3-6H,1-2H3;2,5H,1H2,(H,6,7)(H,8,9). The van der Waals surface area contributed by atoms with E-state index in [0.29, 0.717) is 0 Å². The summed E-state index contributed by atoms with van der Waals surface area (Å²) in [6, 6.07) is 8.48. The minimum atomic E-state index is -1.79. The Balaban J connectivity index is 0.000000302. The first-order chi connectivity index (χ1) is 7.82. The third-order valence-electron chi connectivity index (χ3n) is 1.87. The molecular weight excluding hydrogens is 224 g/mol. The van der Waals surface area contributed by atoms with E-state index in [9.17, 15) is 9.59 Å². The molecule has 0 radical (unpaired) electrons. The van der Waals surface area contributed by atoms with Crippen molar-refractivity contribution in [3.8, 4) is 0 Å². The SMILES string of the molecule is Cc1ccc(C)cc1.O=C(O)CC(O)C(=O)O. The summed E-state index contributed by atoms with van der Waals surface area (Å²) >= 11 is 0. The Morgan fingerprint density at radius 3 is 1.59 bits per heavy atom. The molecule has 1 rings (SSSR count). The molecule has 5 nitrogen and oxygen atoms in total. The van der Waals surface area contributed by atoms with Crippen molar-refractivity contribution in [3.63, 3.8) is 0 Å². The first kappa shape index (κ1) is 15.1. The summed E-state index contributed by atoms with van der Waals surface area (Å²) in [5, 5.41) is 24.1. The van der Waals surface area contributed by atoms with Gasteiger partial charge in [0.05, 0.1) is 6.42 Å². The van der Waals surface area contributed by atoms with Crippen LogP contribution >= 0.6 is 0 Å². The van der Waals surface area contributed by atoms with Gasteiger partial charge in [-0.15, -0.1) is 0 Å². The molecule has 17 heavy (non-hydrogen) atoms. The zero-order chi connectivity index (χ0) is 13.4. The van der Waals surface area contributed by atoms with Gasteiger partial charge in [0, 0.05) is 0 Å². The predicted octanol–water partition coefficient (Wildman–Crippen LogP) is 1.21. The van der Waals surface area contributed by atoms with Gasteiger partial charge in [-0.3, -0.25) is 4.79 Å². The summed E-state index contributed by atoms with van der Waals surface area (Å²) < 4.78 is 0. The van der Waals surface area contributed by atoms with Crippen molar-refractivity contribution in [1.29, 1.82) is 0 Å². The molecule has 0 bridgehead atoms. The Kier molecular flexibility index (Phi) is 6.58. The number of rotatable bonds is 3. The second kappa shape index (κ2) is 7.40. The van der Waals surface area contributed by atoms with Gasteiger partial charge in [0.1, 0.15) is 0 Å². The molecule has 5 heteroatoms. The van der Waals surface area contributed by atoms with Crippen LogP contribution in [0.2, 0.25) is 0 Å². The number of aliphatic carboxylic acids is 2. The smallest absolute Gasteiger partial charge is 0.333 e. The lowest BCUT2D eigenvalue weighted by molar-refractivity contribution is -0.152. The van der Waals surface area contributed by atoms with Crippen molar-refractivity contribution in [1.82, 2.24) is 0 Å². The first-order valence-electron chi connectivity index (χ1n) is 4.99. The summed E-state index contributed by atoms with van der Waals surface area (Å²) in [5.74, 6) is -2.85. The molecule has 0 saturated heterocycles. The van der Waals surface area contributed by atoms with Gasteiger partial charge in [0.25, 0.3) is 0 Å².